The lowest BCUT2D eigenvalue weighted by molar-refractivity contribution is -0.136. The van der Waals surface area contributed by atoms with Crippen LogP contribution in [0.25, 0.3) is 0 Å². The fourth-order valence-corrected chi connectivity index (χ4v) is 3.28. The van der Waals surface area contributed by atoms with Crippen LogP contribution in [0.2, 0.25) is 0 Å². The van der Waals surface area contributed by atoms with Crippen molar-refractivity contribution in [2.24, 2.45) is 0 Å². The van der Waals surface area contributed by atoms with Crippen molar-refractivity contribution < 1.29 is 24.2 Å². The van der Waals surface area contributed by atoms with Gasteiger partial charge in [-0.1, -0.05) is 24.3 Å². The Labute approximate surface area is 175 Å². The van der Waals surface area contributed by atoms with Gasteiger partial charge in [0.2, 0.25) is 0 Å². The average Bonchev–Trinajstić information content (AvgIpc) is 3.05. The Bertz CT molecular complexity index is 1040. The van der Waals surface area contributed by atoms with Crippen molar-refractivity contribution in [3.8, 4) is 0 Å². The van der Waals surface area contributed by atoms with Gasteiger partial charge in [0.25, 0.3) is 5.91 Å². The number of ketones is 1. The Balaban J connectivity index is 1.89. The molecule has 0 saturated carbocycles. The van der Waals surface area contributed by atoms with Crippen LogP contribution < -0.4 is 5.32 Å². The smallest absolute Gasteiger partial charge is 0.337 e. The maximum Gasteiger partial charge on any atom is 0.337 e. The number of methoxy groups -OCH3 is 1. The molecule has 0 saturated heterocycles. The van der Waals surface area contributed by atoms with Gasteiger partial charge in [-0.15, -0.1) is 0 Å². The summed E-state index contributed by atoms with van der Waals surface area (Å²) in [5.74, 6) is -1.16. The van der Waals surface area contributed by atoms with E-state index >= 15 is 0 Å². The Morgan fingerprint density at radius 1 is 1.10 bits per heavy atom. The van der Waals surface area contributed by atoms with Gasteiger partial charge in [-0.2, -0.15) is 0 Å². The zero-order valence-electron chi connectivity index (χ0n) is 17.2. The summed E-state index contributed by atoms with van der Waals surface area (Å²) in [4.78, 5) is 39.0. The molecule has 2 N–H and O–H groups in total. The van der Waals surface area contributed by atoms with Gasteiger partial charge in [0.1, 0.15) is 5.70 Å². The molecular formula is C23H24N2O5. The number of rotatable bonds is 7. The second-order valence-electron chi connectivity index (χ2n) is 7.13. The fourth-order valence-electron chi connectivity index (χ4n) is 3.28. The summed E-state index contributed by atoms with van der Waals surface area (Å²) in [5, 5.41) is 12.1. The summed E-state index contributed by atoms with van der Waals surface area (Å²) in [6, 6.07) is 12.3. The number of amides is 1. The van der Waals surface area contributed by atoms with Gasteiger partial charge in [0.05, 0.1) is 25.8 Å². The molecule has 0 atom stereocenters. The van der Waals surface area contributed by atoms with Gasteiger partial charge < -0.3 is 20.1 Å². The van der Waals surface area contributed by atoms with Crippen molar-refractivity contribution in [3.05, 3.63) is 76.0 Å². The fraction of sp³-hybridized carbons (Fsp3) is 0.261. The third-order valence-electron chi connectivity index (χ3n) is 5.12. The van der Waals surface area contributed by atoms with E-state index in [0.29, 0.717) is 16.8 Å². The highest BCUT2D eigenvalue weighted by Crippen LogP contribution is 2.24. The molecule has 0 unspecified atom stereocenters. The first-order valence-corrected chi connectivity index (χ1v) is 9.56. The molecule has 2 aromatic carbocycles. The molecule has 0 aliphatic carbocycles. The molecule has 0 bridgehead atoms. The van der Waals surface area contributed by atoms with Gasteiger partial charge in [-0.3, -0.25) is 9.59 Å². The quantitative estimate of drug-likeness (QED) is 0.539. The van der Waals surface area contributed by atoms with Crippen molar-refractivity contribution in [1.82, 2.24) is 4.90 Å². The average molecular weight is 408 g/mol. The highest BCUT2D eigenvalue weighted by molar-refractivity contribution is 6.10. The molecule has 0 spiro atoms. The van der Waals surface area contributed by atoms with Crippen LogP contribution in [-0.2, 0) is 14.3 Å². The Hall–Kier alpha value is -3.45. The third kappa shape index (κ3) is 4.26. The molecule has 1 aliphatic heterocycles. The number of anilines is 1. The van der Waals surface area contributed by atoms with E-state index in [0.717, 1.165) is 11.1 Å². The van der Waals surface area contributed by atoms with Crippen molar-refractivity contribution in [1.29, 1.82) is 0 Å². The number of carbonyl (C=O) groups excluding carboxylic acids is 3. The van der Waals surface area contributed by atoms with Gasteiger partial charge in [-0.25, -0.2) is 4.79 Å². The minimum Gasteiger partial charge on any atom is -0.466 e. The zero-order chi connectivity index (χ0) is 21.8. The number of esters is 1. The molecule has 1 aliphatic rings. The van der Waals surface area contributed by atoms with Crippen molar-refractivity contribution in [2.75, 3.05) is 32.1 Å². The number of nitrogens with zero attached hydrogens (tertiary/aromatic N) is 1. The number of hydrogen-bond acceptors (Lipinski definition) is 6. The molecule has 156 valence electrons. The lowest BCUT2D eigenvalue weighted by atomic mass is 9.99. The highest BCUT2D eigenvalue weighted by atomic mass is 16.5. The highest BCUT2D eigenvalue weighted by Gasteiger charge is 2.34. The molecule has 1 heterocycles. The number of aliphatic hydroxyl groups is 1. The maximum atomic E-state index is 12.9. The molecule has 2 aromatic rings. The predicted octanol–water partition coefficient (Wildman–Crippen LogP) is 2.21. The summed E-state index contributed by atoms with van der Waals surface area (Å²) in [5.41, 5.74) is 3.95. The summed E-state index contributed by atoms with van der Waals surface area (Å²) >= 11 is 0. The number of ether oxygens (including phenoxy) is 1. The Morgan fingerprint density at radius 2 is 1.83 bits per heavy atom. The van der Waals surface area contributed by atoms with Gasteiger partial charge >= 0.3 is 5.97 Å². The molecule has 1 amide bonds. The normalized spacial score (nSPS) is 13.6. The number of β-amino-alcohol motifs (C(OH)–C–C–N with tert-alkyl or cyclic N) is 1. The van der Waals surface area contributed by atoms with Crippen LogP contribution in [0.3, 0.4) is 0 Å². The van der Waals surface area contributed by atoms with Crippen molar-refractivity contribution in [3.63, 3.8) is 0 Å². The molecule has 0 radical (unpaired) electrons. The van der Waals surface area contributed by atoms with Gasteiger partial charge in [-0.05, 0) is 43.2 Å². The SMILES string of the molecule is COC(=O)C1=C(Nc2cccc(C(=O)c3ccc(C)c(C)c3)c2)C(=O)N(CCO)C1. The van der Waals surface area contributed by atoms with Crippen LogP contribution in [0.15, 0.2) is 53.7 Å². The summed E-state index contributed by atoms with van der Waals surface area (Å²) in [7, 11) is 1.25. The molecule has 7 heteroatoms. The number of aliphatic hydroxyl groups excluding tert-OH is 1. The monoisotopic (exact) mass is 408 g/mol. The molecule has 0 aromatic heterocycles. The predicted molar refractivity (Wildman–Crippen MR) is 112 cm³/mol. The number of carbonyl (C=O) groups is 3. The first kappa shape index (κ1) is 21.3. The van der Waals surface area contributed by atoms with E-state index in [9.17, 15) is 14.4 Å². The summed E-state index contributed by atoms with van der Waals surface area (Å²) < 4.78 is 4.79. The Morgan fingerprint density at radius 3 is 2.50 bits per heavy atom. The van der Waals surface area contributed by atoms with Crippen LogP contribution in [0.4, 0.5) is 5.69 Å². The minimum atomic E-state index is -0.617. The number of nitrogens with one attached hydrogen (secondary N) is 1. The van der Waals surface area contributed by atoms with Crippen LogP contribution >= 0.6 is 0 Å². The van der Waals surface area contributed by atoms with E-state index in [1.165, 1.54) is 12.0 Å². The van der Waals surface area contributed by atoms with Crippen LogP contribution in [0.5, 0.6) is 0 Å². The number of hydrogen-bond donors (Lipinski definition) is 2. The number of benzene rings is 2. The first-order valence-electron chi connectivity index (χ1n) is 9.56. The largest absolute Gasteiger partial charge is 0.466 e. The number of aryl methyl sites for hydroxylation is 2. The molecule has 3 rings (SSSR count). The lowest BCUT2D eigenvalue weighted by Crippen LogP contribution is -2.31. The topological polar surface area (TPSA) is 95.9 Å². The second-order valence-corrected chi connectivity index (χ2v) is 7.13. The first-order chi connectivity index (χ1) is 14.3. The van der Waals surface area contributed by atoms with Gasteiger partial charge in [0.15, 0.2) is 5.78 Å². The second kappa shape index (κ2) is 8.92. The van der Waals surface area contributed by atoms with Crippen LogP contribution in [0, 0.1) is 13.8 Å². The standard InChI is InChI=1S/C23H24N2O5/c1-14-7-8-17(11-15(14)2)21(27)16-5-4-6-18(12-16)24-20-19(23(29)30-3)13-25(9-10-26)22(20)28/h4-8,11-12,24,26H,9-10,13H2,1-3H3. The van der Waals surface area contributed by atoms with E-state index in [2.05, 4.69) is 5.32 Å². The van der Waals surface area contributed by atoms with E-state index < -0.39 is 11.9 Å². The van der Waals surface area contributed by atoms with Gasteiger partial charge in [0, 0.05) is 23.4 Å². The Kier molecular flexibility index (Phi) is 6.32. The molecular weight excluding hydrogens is 384 g/mol. The van der Waals surface area contributed by atoms with Crippen molar-refractivity contribution in [2.45, 2.75) is 13.8 Å². The van der Waals surface area contributed by atoms with Crippen molar-refractivity contribution >= 4 is 23.3 Å². The third-order valence-corrected chi connectivity index (χ3v) is 5.12. The summed E-state index contributed by atoms with van der Waals surface area (Å²) in [6.07, 6.45) is 0. The maximum absolute atomic E-state index is 12.9. The van der Waals surface area contributed by atoms with Crippen LogP contribution in [-0.4, -0.2) is 54.5 Å². The van der Waals surface area contributed by atoms with E-state index in [1.807, 2.05) is 26.0 Å². The molecule has 7 nitrogen and oxygen atoms in total. The summed E-state index contributed by atoms with van der Waals surface area (Å²) in [6.45, 7) is 3.88. The van der Waals surface area contributed by atoms with E-state index in [1.54, 1.807) is 30.3 Å². The minimum absolute atomic E-state index is 0.0513. The van der Waals surface area contributed by atoms with E-state index in [4.69, 9.17) is 9.84 Å². The van der Waals surface area contributed by atoms with Crippen LogP contribution in [0.1, 0.15) is 27.0 Å². The lowest BCUT2D eigenvalue weighted by Gasteiger charge is -2.15. The van der Waals surface area contributed by atoms with E-state index in [-0.39, 0.29) is 36.7 Å². The zero-order valence-corrected chi connectivity index (χ0v) is 17.2. The molecule has 0 fully saturated rings. The molecule has 30 heavy (non-hydrogen) atoms.